The van der Waals surface area contributed by atoms with Crippen molar-refractivity contribution in [3.63, 3.8) is 0 Å². The fraction of sp³-hybridized carbons (Fsp3) is 0.417. The van der Waals surface area contributed by atoms with E-state index in [0.29, 0.717) is 19.1 Å². The Morgan fingerprint density at radius 3 is 2.48 bits per heavy atom. The van der Waals surface area contributed by atoms with Gasteiger partial charge in [-0.1, -0.05) is 36.4 Å². The van der Waals surface area contributed by atoms with Crippen molar-refractivity contribution < 1.29 is 14.3 Å². The number of rotatable bonds is 11. The Morgan fingerprint density at radius 1 is 1.03 bits per heavy atom. The lowest BCUT2D eigenvalue weighted by Gasteiger charge is -2.15. The minimum atomic E-state index is -0.00380. The second-order valence-electron chi connectivity index (χ2n) is 7.24. The summed E-state index contributed by atoms with van der Waals surface area (Å²) in [5.74, 6) is 2.14. The first-order chi connectivity index (χ1) is 15.0. The maximum Gasteiger partial charge on any atom is 0.241 e. The quantitative estimate of drug-likeness (QED) is 0.328. The van der Waals surface area contributed by atoms with Gasteiger partial charge in [0.2, 0.25) is 5.91 Å². The van der Waals surface area contributed by atoms with Crippen molar-refractivity contribution in [1.82, 2.24) is 15.5 Å². The molecule has 2 aromatic rings. The molecule has 2 rings (SSSR count). The summed E-state index contributed by atoms with van der Waals surface area (Å²) in [6.45, 7) is 4.03. The molecular weight excluding hydrogens is 392 g/mol. The van der Waals surface area contributed by atoms with Gasteiger partial charge in [0.05, 0.1) is 26.8 Å². The van der Waals surface area contributed by atoms with Gasteiger partial charge >= 0.3 is 0 Å². The highest BCUT2D eigenvalue weighted by Gasteiger charge is 2.07. The van der Waals surface area contributed by atoms with Gasteiger partial charge in [-0.15, -0.1) is 0 Å². The van der Waals surface area contributed by atoms with Gasteiger partial charge in [0, 0.05) is 20.6 Å². The zero-order valence-electron chi connectivity index (χ0n) is 19.0. The van der Waals surface area contributed by atoms with Crippen molar-refractivity contribution in [3.05, 3.63) is 59.7 Å². The summed E-state index contributed by atoms with van der Waals surface area (Å²) < 4.78 is 11.0. The number of carbonyl (C=O) groups excluding carboxylic acids is 1. The third-order valence-electron chi connectivity index (χ3n) is 4.63. The molecule has 31 heavy (non-hydrogen) atoms. The molecule has 0 aromatic heterocycles. The Balaban J connectivity index is 1.91. The van der Waals surface area contributed by atoms with E-state index in [0.717, 1.165) is 36.4 Å². The molecule has 0 spiro atoms. The molecule has 0 aliphatic heterocycles. The van der Waals surface area contributed by atoms with E-state index in [1.807, 2.05) is 49.4 Å². The first-order valence-electron chi connectivity index (χ1n) is 10.6. The van der Waals surface area contributed by atoms with Crippen LogP contribution >= 0.6 is 0 Å². The van der Waals surface area contributed by atoms with Gasteiger partial charge in [0.1, 0.15) is 0 Å². The van der Waals surface area contributed by atoms with Gasteiger partial charge in [-0.05, 0) is 43.0 Å². The summed E-state index contributed by atoms with van der Waals surface area (Å²) in [5.41, 5.74) is 2.30. The van der Waals surface area contributed by atoms with Crippen molar-refractivity contribution in [3.8, 4) is 11.5 Å². The molecular formula is C24H34N4O3. The number of nitrogens with one attached hydrogen (secondary N) is 2. The summed E-state index contributed by atoms with van der Waals surface area (Å²) in [7, 11) is 5.12. The zero-order valence-corrected chi connectivity index (χ0v) is 19.0. The van der Waals surface area contributed by atoms with Crippen molar-refractivity contribution in [2.45, 2.75) is 26.3 Å². The second-order valence-corrected chi connectivity index (χ2v) is 7.24. The van der Waals surface area contributed by atoms with Crippen LogP contribution in [-0.2, 0) is 17.8 Å². The number of benzene rings is 2. The lowest BCUT2D eigenvalue weighted by molar-refractivity contribution is -0.127. The molecule has 7 heteroatoms. The van der Waals surface area contributed by atoms with Crippen LogP contribution < -0.4 is 20.1 Å². The van der Waals surface area contributed by atoms with Crippen LogP contribution in [0.5, 0.6) is 11.5 Å². The number of carbonyl (C=O) groups is 1. The average Bonchev–Trinajstić information content (AvgIpc) is 2.78. The number of hydrogen-bond acceptors (Lipinski definition) is 4. The van der Waals surface area contributed by atoms with Crippen molar-refractivity contribution in [2.24, 2.45) is 4.99 Å². The summed E-state index contributed by atoms with van der Waals surface area (Å²) in [6, 6.07) is 16.1. The average molecular weight is 427 g/mol. The molecule has 0 atom stereocenters. The molecule has 0 bridgehead atoms. The van der Waals surface area contributed by atoms with Crippen LogP contribution in [0.15, 0.2) is 53.5 Å². The minimum absolute atomic E-state index is 0.00380. The summed E-state index contributed by atoms with van der Waals surface area (Å²) >= 11 is 0. The second kappa shape index (κ2) is 13.2. The summed E-state index contributed by atoms with van der Waals surface area (Å²) in [5, 5.41) is 6.45. The number of aliphatic imine (C=N–C) groups is 1. The molecule has 168 valence electrons. The van der Waals surface area contributed by atoms with Gasteiger partial charge in [-0.2, -0.15) is 0 Å². The Bertz CT molecular complexity index is 838. The van der Waals surface area contributed by atoms with E-state index >= 15 is 0 Å². The molecule has 0 aliphatic rings. The smallest absolute Gasteiger partial charge is 0.241 e. The van der Waals surface area contributed by atoms with Crippen LogP contribution in [0.4, 0.5) is 0 Å². The Labute approximate surface area is 185 Å². The van der Waals surface area contributed by atoms with Crippen molar-refractivity contribution >= 4 is 11.9 Å². The van der Waals surface area contributed by atoms with E-state index < -0.39 is 0 Å². The van der Waals surface area contributed by atoms with Crippen LogP contribution in [-0.4, -0.2) is 57.7 Å². The van der Waals surface area contributed by atoms with Gasteiger partial charge in [0.25, 0.3) is 0 Å². The van der Waals surface area contributed by atoms with Crippen LogP contribution in [0.25, 0.3) is 0 Å². The van der Waals surface area contributed by atoms with E-state index in [4.69, 9.17) is 9.47 Å². The molecule has 2 N–H and O–H groups in total. The summed E-state index contributed by atoms with van der Waals surface area (Å²) in [6.07, 6.45) is 1.80. The molecule has 0 fully saturated rings. The maximum atomic E-state index is 11.9. The minimum Gasteiger partial charge on any atom is -0.493 e. The monoisotopic (exact) mass is 426 g/mol. The topological polar surface area (TPSA) is 75.2 Å². The van der Waals surface area contributed by atoms with Gasteiger partial charge in [-0.3, -0.25) is 4.79 Å². The number of nitrogens with zero attached hydrogens (tertiary/aromatic N) is 2. The van der Waals surface area contributed by atoms with Gasteiger partial charge in [-0.25, -0.2) is 4.99 Å². The van der Waals surface area contributed by atoms with Crippen molar-refractivity contribution in [1.29, 1.82) is 0 Å². The Hall–Kier alpha value is -3.22. The third-order valence-corrected chi connectivity index (χ3v) is 4.63. The van der Waals surface area contributed by atoms with Crippen molar-refractivity contribution in [2.75, 3.05) is 40.9 Å². The maximum absolute atomic E-state index is 11.9. The Morgan fingerprint density at radius 2 is 1.81 bits per heavy atom. The molecule has 0 saturated heterocycles. The summed E-state index contributed by atoms with van der Waals surface area (Å²) in [4.78, 5) is 18.1. The van der Waals surface area contributed by atoms with Gasteiger partial charge < -0.3 is 25.0 Å². The lowest BCUT2D eigenvalue weighted by Crippen LogP contribution is -2.43. The number of ether oxygens (including phenoxy) is 2. The number of likely N-dealkylation sites (N-methyl/N-ethyl adjacent to an activating group) is 1. The molecule has 0 heterocycles. The van der Waals surface area contributed by atoms with Crippen LogP contribution in [0, 0.1) is 0 Å². The molecule has 2 aromatic carbocycles. The zero-order chi connectivity index (χ0) is 22.5. The predicted molar refractivity (Wildman–Crippen MR) is 125 cm³/mol. The van der Waals surface area contributed by atoms with E-state index in [1.54, 1.807) is 26.1 Å². The van der Waals surface area contributed by atoms with E-state index in [2.05, 4.69) is 21.7 Å². The fourth-order valence-corrected chi connectivity index (χ4v) is 2.89. The molecule has 0 unspecified atom stereocenters. The number of methoxy groups -OCH3 is 1. The molecule has 7 nitrogen and oxygen atoms in total. The first kappa shape index (κ1) is 24.1. The number of amides is 1. The normalized spacial score (nSPS) is 11.0. The molecule has 1 amide bonds. The number of hydrogen-bond donors (Lipinski definition) is 2. The molecule has 0 aliphatic carbocycles. The Kier molecular flexibility index (Phi) is 10.2. The fourth-order valence-electron chi connectivity index (χ4n) is 2.89. The first-order valence-corrected chi connectivity index (χ1v) is 10.6. The van der Waals surface area contributed by atoms with Crippen LogP contribution in [0.3, 0.4) is 0 Å². The highest BCUT2D eigenvalue weighted by molar-refractivity contribution is 5.86. The number of guanidine groups is 1. The van der Waals surface area contributed by atoms with E-state index in [1.165, 1.54) is 5.56 Å². The largest absolute Gasteiger partial charge is 0.493 e. The van der Waals surface area contributed by atoms with Gasteiger partial charge in [0.15, 0.2) is 17.5 Å². The van der Waals surface area contributed by atoms with Crippen LogP contribution in [0.1, 0.15) is 24.5 Å². The lowest BCUT2D eigenvalue weighted by atomic mass is 10.1. The third kappa shape index (κ3) is 8.58. The van der Waals surface area contributed by atoms with E-state index in [-0.39, 0.29) is 12.5 Å². The molecule has 0 saturated carbocycles. The standard InChI is InChI=1S/C24H34N4O3/c1-5-31-22-16-19(13-14-21(22)30-4)12-9-15-25-24(27-18-23(29)28(2)3)26-17-20-10-7-6-8-11-20/h6-8,10-11,13-14,16H,5,9,12,15,17-18H2,1-4H3,(H2,25,26,27). The number of aryl methyl sites for hydroxylation is 1. The predicted octanol–water partition coefficient (Wildman–Crippen LogP) is 2.85. The SMILES string of the molecule is CCOc1cc(CCCNC(=NCc2ccccc2)NCC(=O)N(C)C)ccc1OC. The molecule has 0 radical (unpaired) electrons. The van der Waals surface area contributed by atoms with Crippen LogP contribution in [0.2, 0.25) is 0 Å². The highest BCUT2D eigenvalue weighted by Crippen LogP contribution is 2.28. The highest BCUT2D eigenvalue weighted by atomic mass is 16.5. The van der Waals surface area contributed by atoms with E-state index in [9.17, 15) is 4.79 Å².